The topological polar surface area (TPSA) is 185 Å². The third-order valence-corrected chi connectivity index (χ3v) is 12.0. The summed E-state index contributed by atoms with van der Waals surface area (Å²) in [4.78, 5) is 43.8. The smallest absolute Gasteiger partial charge is 0.320 e. The zero-order chi connectivity index (χ0) is 42.1. The number of nitrogens with zero attached hydrogens (tertiary/aromatic N) is 3. The van der Waals surface area contributed by atoms with Crippen LogP contribution in [-0.4, -0.2) is 93.4 Å². The van der Waals surface area contributed by atoms with Gasteiger partial charge in [-0.05, 0) is 112 Å². The quantitative estimate of drug-likeness (QED) is 0.0785. The number of aliphatic carboxylic acids is 2. The van der Waals surface area contributed by atoms with Gasteiger partial charge in [0.05, 0.1) is 29.2 Å². The molecule has 4 aromatic rings. The van der Waals surface area contributed by atoms with E-state index in [-0.39, 0.29) is 25.4 Å². The van der Waals surface area contributed by atoms with Crippen molar-refractivity contribution in [2.24, 2.45) is 11.1 Å². The van der Waals surface area contributed by atoms with Crippen molar-refractivity contribution >= 4 is 29.4 Å². The largest absolute Gasteiger partial charge is 0.493 e. The highest BCUT2D eigenvalue weighted by atomic mass is 35.5. The first-order valence-corrected chi connectivity index (χ1v) is 20.4. The number of likely N-dealkylation sites (tertiary alicyclic amines) is 2. The van der Waals surface area contributed by atoms with Gasteiger partial charge in [0.1, 0.15) is 36.5 Å². The maximum Gasteiger partial charge on any atom is 0.320 e. The van der Waals surface area contributed by atoms with Crippen LogP contribution in [0, 0.1) is 19.3 Å². The lowest BCUT2D eigenvalue weighted by atomic mass is 9.79. The standard InChI is InChI=1S/C45H53ClN4O9/c1-29-32(8-5-9-35(29)36-10-6-12-39(30(36)2)57-19-7-15-49-17-13-45(28-51,14-18-49)44(55)56)27-59-41-22-40(58-26-31-20-33(42(47)52)24-48-23-31)34(21-37(41)46)25-50-16-4-3-11-38(50)43(53)54/h5-6,8-10,12,20-24,38,51H,3-4,7,11,13-19,25-28H2,1-2H3,(H2,47,52)(H,53,54)(H,55,56)/t38-/m0/s1. The van der Waals surface area contributed by atoms with Crippen molar-refractivity contribution in [1.82, 2.24) is 14.8 Å². The van der Waals surface area contributed by atoms with Crippen molar-refractivity contribution in [3.05, 3.63) is 105 Å². The lowest BCUT2D eigenvalue weighted by Crippen LogP contribution is -2.46. The molecule has 2 aliphatic heterocycles. The molecule has 3 aromatic carbocycles. The van der Waals surface area contributed by atoms with E-state index in [1.54, 1.807) is 24.4 Å². The number of aliphatic hydroxyl groups is 1. The Morgan fingerprint density at radius 2 is 1.59 bits per heavy atom. The molecule has 14 heteroatoms. The van der Waals surface area contributed by atoms with Gasteiger partial charge in [-0.3, -0.25) is 24.3 Å². The molecular formula is C45H53ClN4O9. The van der Waals surface area contributed by atoms with Gasteiger partial charge in [0, 0.05) is 42.7 Å². The molecule has 6 rings (SSSR count). The van der Waals surface area contributed by atoms with Crippen LogP contribution in [0.15, 0.2) is 67.0 Å². The average molecular weight is 829 g/mol. The minimum absolute atomic E-state index is 0.0763. The fourth-order valence-corrected chi connectivity index (χ4v) is 8.19. The van der Waals surface area contributed by atoms with Crippen LogP contribution >= 0.6 is 11.6 Å². The maximum absolute atomic E-state index is 12.1. The Morgan fingerprint density at radius 3 is 2.31 bits per heavy atom. The number of primary amides is 1. The third kappa shape index (κ3) is 10.5. The molecule has 0 saturated carbocycles. The second-order valence-corrected chi connectivity index (χ2v) is 15.9. The Morgan fingerprint density at radius 1 is 0.864 bits per heavy atom. The van der Waals surface area contributed by atoms with Crippen LogP contribution in [0.3, 0.4) is 0 Å². The first-order chi connectivity index (χ1) is 28.4. The minimum atomic E-state index is -1.03. The molecule has 0 spiro atoms. The van der Waals surface area contributed by atoms with E-state index in [1.165, 1.54) is 6.20 Å². The zero-order valence-electron chi connectivity index (χ0n) is 33.6. The van der Waals surface area contributed by atoms with E-state index in [0.29, 0.717) is 79.7 Å². The summed E-state index contributed by atoms with van der Waals surface area (Å²) in [7, 11) is 0. The van der Waals surface area contributed by atoms with Gasteiger partial charge in [-0.2, -0.15) is 0 Å². The summed E-state index contributed by atoms with van der Waals surface area (Å²) >= 11 is 6.86. The average Bonchev–Trinajstić information content (AvgIpc) is 3.23. The van der Waals surface area contributed by atoms with E-state index in [4.69, 9.17) is 31.5 Å². The van der Waals surface area contributed by atoms with E-state index in [0.717, 1.165) is 59.4 Å². The molecule has 59 heavy (non-hydrogen) atoms. The van der Waals surface area contributed by atoms with Gasteiger partial charge in [-0.15, -0.1) is 0 Å². The van der Waals surface area contributed by atoms with Crippen molar-refractivity contribution in [3.63, 3.8) is 0 Å². The van der Waals surface area contributed by atoms with Gasteiger partial charge < -0.3 is 40.2 Å². The van der Waals surface area contributed by atoms with Gasteiger partial charge >= 0.3 is 11.9 Å². The number of halogens is 1. The third-order valence-electron chi connectivity index (χ3n) is 11.7. The number of nitrogens with two attached hydrogens (primary N) is 1. The summed E-state index contributed by atoms with van der Waals surface area (Å²) in [5.41, 5.74) is 11.1. The number of carboxylic acids is 2. The first kappa shape index (κ1) is 43.4. The number of ether oxygens (including phenoxy) is 3. The van der Waals surface area contributed by atoms with Gasteiger partial charge in [0.25, 0.3) is 0 Å². The Balaban J connectivity index is 1.14. The lowest BCUT2D eigenvalue weighted by molar-refractivity contribution is -0.155. The molecule has 2 saturated heterocycles. The normalized spacial score (nSPS) is 17.0. The molecule has 0 radical (unpaired) electrons. The number of piperidine rings is 2. The summed E-state index contributed by atoms with van der Waals surface area (Å²) in [5, 5.41) is 29.5. The molecule has 2 aliphatic rings. The highest BCUT2D eigenvalue weighted by molar-refractivity contribution is 6.32. The predicted molar refractivity (Wildman–Crippen MR) is 223 cm³/mol. The van der Waals surface area contributed by atoms with E-state index in [9.17, 15) is 29.7 Å². The van der Waals surface area contributed by atoms with Crippen LogP contribution in [0.2, 0.25) is 5.02 Å². The van der Waals surface area contributed by atoms with Crippen molar-refractivity contribution < 1.29 is 43.9 Å². The monoisotopic (exact) mass is 828 g/mol. The number of carbonyl (C=O) groups excluding carboxylic acids is 1. The van der Waals surface area contributed by atoms with Crippen molar-refractivity contribution in [3.8, 4) is 28.4 Å². The number of hydrogen-bond acceptors (Lipinski definition) is 10. The summed E-state index contributed by atoms with van der Waals surface area (Å²) < 4.78 is 18.9. The van der Waals surface area contributed by atoms with E-state index in [2.05, 4.69) is 28.9 Å². The molecule has 0 aliphatic carbocycles. The number of amides is 1. The Labute approximate surface area is 349 Å². The van der Waals surface area contributed by atoms with Crippen LogP contribution in [-0.2, 0) is 29.3 Å². The maximum atomic E-state index is 12.1. The summed E-state index contributed by atoms with van der Waals surface area (Å²) in [5.74, 6) is -0.714. The zero-order valence-corrected chi connectivity index (χ0v) is 34.4. The number of carbonyl (C=O) groups is 3. The highest BCUT2D eigenvalue weighted by Crippen LogP contribution is 2.38. The van der Waals surface area contributed by atoms with Gasteiger partial charge in [0.2, 0.25) is 5.91 Å². The molecule has 1 atom stereocenters. The SMILES string of the molecule is Cc1c(COc2cc(OCc3cncc(C(N)=O)c3)c(CN3CCCC[C@H]3C(=O)O)cc2Cl)cccc1-c1cccc(OCCCN2CCC(CO)(C(=O)O)CC2)c1C. The molecule has 0 bridgehead atoms. The number of hydrogen-bond donors (Lipinski definition) is 4. The highest BCUT2D eigenvalue weighted by Gasteiger charge is 2.41. The molecule has 314 valence electrons. The minimum Gasteiger partial charge on any atom is -0.493 e. The number of pyridine rings is 1. The van der Waals surface area contributed by atoms with Crippen molar-refractivity contribution in [1.29, 1.82) is 0 Å². The fourth-order valence-electron chi connectivity index (χ4n) is 7.95. The molecule has 1 amide bonds. The number of carboxylic acid groups (broad SMARTS) is 2. The number of aliphatic hydroxyl groups excluding tert-OH is 1. The molecule has 0 unspecified atom stereocenters. The van der Waals surface area contributed by atoms with Crippen LogP contribution in [0.5, 0.6) is 17.2 Å². The summed E-state index contributed by atoms with van der Waals surface area (Å²) in [6.07, 6.45) is 6.94. The predicted octanol–water partition coefficient (Wildman–Crippen LogP) is 6.64. The number of aromatic nitrogens is 1. The molecule has 3 heterocycles. The summed E-state index contributed by atoms with van der Waals surface area (Å²) in [6.45, 7) is 7.56. The Kier molecular flexibility index (Phi) is 14.5. The first-order valence-electron chi connectivity index (χ1n) is 20.1. The molecule has 5 N–H and O–H groups in total. The van der Waals surface area contributed by atoms with Gasteiger partial charge in [-0.25, -0.2) is 0 Å². The van der Waals surface area contributed by atoms with Crippen LogP contribution in [0.25, 0.3) is 11.1 Å². The van der Waals surface area contributed by atoms with E-state index in [1.807, 2.05) is 36.1 Å². The molecule has 1 aromatic heterocycles. The van der Waals surface area contributed by atoms with E-state index >= 15 is 0 Å². The molecule has 2 fully saturated rings. The fraction of sp³-hybridized carbons (Fsp3) is 0.422. The number of rotatable bonds is 18. The number of benzene rings is 3. The van der Waals surface area contributed by atoms with Crippen LogP contribution in [0.4, 0.5) is 0 Å². The van der Waals surface area contributed by atoms with Crippen LogP contribution in [0.1, 0.15) is 76.7 Å². The van der Waals surface area contributed by atoms with Crippen molar-refractivity contribution in [2.45, 2.75) is 78.2 Å². The van der Waals surface area contributed by atoms with Crippen molar-refractivity contribution in [2.75, 3.05) is 39.4 Å². The Hall–Kier alpha value is -5.21. The molecular weight excluding hydrogens is 776 g/mol. The van der Waals surface area contributed by atoms with Crippen LogP contribution < -0.4 is 19.9 Å². The van der Waals surface area contributed by atoms with Gasteiger partial charge in [0.15, 0.2) is 0 Å². The second kappa shape index (κ2) is 19.7. The molecule has 13 nitrogen and oxygen atoms in total. The van der Waals surface area contributed by atoms with E-state index < -0.39 is 29.3 Å². The second-order valence-electron chi connectivity index (χ2n) is 15.5. The lowest BCUT2D eigenvalue weighted by Gasteiger charge is -2.37. The summed E-state index contributed by atoms with van der Waals surface area (Å²) in [6, 6.07) is 16.6. The Bertz CT molecular complexity index is 2140. The van der Waals surface area contributed by atoms with Gasteiger partial charge in [-0.1, -0.05) is 48.4 Å².